The minimum atomic E-state index is -0.486. The maximum atomic E-state index is 12.0. The molecule has 1 aromatic heterocycles. The number of rotatable bonds is 13. The fourth-order valence-electron chi connectivity index (χ4n) is 6.05. The van der Waals surface area contributed by atoms with Gasteiger partial charge >= 0.3 is 5.97 Å². The fraction of sp³-hybridized carbons (Fsp3) is 0.556. The van der Waals surface area contributed by atoms with Gasteiger partial charge in [0.1, 0.15) is 22.9 Å². The van der Waals surface area contributed by atoms with Gasteiger partial charge in [-0.2, -0.15) is 5.10 Å². The fourth-order valence-corrected chi connectivity index (χ4v) is 7.04. The molecule has 0 spiro atoms. The molecule has 1 aliphatic carbocycles. The van der Waals surface area contributed by atoms with Crippen LogP contribution in [0.15, 0.2) is 65.7 Å². The van der Waals surface area contributed by atoms with Crippen LogP contribution in [0.1, 0.15) is 65.7 Å². The average molecular weight is 621 g/mol. The van der Waals surface area contributed by atoms with Crippen molar-refractivity contribution in [3.05, 3.63) is 60.7 Å². The summed E-state index contributed by atoms with van der Waals surface area (Å²) in [6.45, 7) is 8.57. The van der Waals surface area contributed by atoms with Crippen molar-refractivity contribution in [3.8, 4) is 22.4 Å². The van der Waals surface area contributed by atoms with E-state index in [1.807, 2.05) is 32.5 Å². The number of benzene rings is 2. The van der Waals surface area contributed by atoms with E-state index in [-0.39, 0.29) is 18.9 Å². The first-order valence-electron chi connectivity index (χ1n) is 16.2. The molecule has 3 aromatic rings. The van der Waals surface area contributed by atoms with Crippen LogP contribution in [0.2, 0.25) is 0 Å². The van der Waals surface area contributed by atoms with Crippen LogP contribution in [-0.2, 0) is 30.3 Å². The highest BCUT2D eigenvalue weighted by molar-refractivity contribution is 7.99. The number of ether oxygens (including phenoxy) is 4. The van der Waals surface area contributed by atoms with Crippen molar-refractivity contribution < 1.29 is 23.7 Å². The van der Waals surface area contributed by atoms with Crippen molar-refractivity contribution >= 4 is 17.7 Å². The lowest BCUT2D eigenvalue weighted by Gasteiger charge is -2.29. The smallest absolute Gasteiger partial charge is 0.332 e. The standard InChI is InChI=1S/C36H48N2O5S/c1-36(2,3)43-31(39)26-40-25-28-19-17-27(18-20-28)24-38-35(44-23-22-42-32-16-10-11-21-41-32)33(29-12-6-4-7-13-29)34(37-38)30-14-8-5-9-15-30/h4-9,12-15,27-28,32H,10-11,16-26H2,1-3H3. The lowest BCUT2D eigenvalue weighted by Crippen LogP contribution is -2.28. The first-order chi connectivity index (χ1) is 21.4. The van der Waals surface area contributed by atoms with Gasteiger partial charge in [0.25, 0.3) is 0 Å². The molecule has 5 rings (SSSR count). The quantitative estimate of drug-likeness (QED) is 0.109. The van der Waals surface area contributed by atoms with Crippen LogP contribution in [0.25, 0.3) is 22.4 Å². The summed E-state index contributed by atoms with van der Waals surface area (Å²) >= 11 is 1.84. The van der Waals surface area contributed by atoms with Crippen LogP contribution in [0.4, 0.5) is 0 Å². The zero-order valence-electron chi connectivity index (χ0n) is 26.5. The molecule has 1 aliphatic heterocycles. The Morgan fingerprint density at radius 3 is 2.27 bits per heavy atom. The molecule has 1 atom stereocenters. The second-order valence-corrected chi connectivity index (χ2v) is 14.0. The summed E-state index contributed by atoms with van der Waals surface area (Å²) in [7, 11) is 0. The van der Waals surface area contributed by atoms with Crippen molar-refractivity contribution in [2.24, 2.45) is 11.8 Å². The molecule has 44 heavy (non-hydrogen) atoms. The molecule has 1 saturated carbocycles. The van der Waals surface area contributed by atoms with Crippen molar-refractivity contribution in [1.29, 1.82) is 0 Å². The molecule has 2 heterocycles. The van der Waals surface area contributed by atoms with Gasteiger partial charge in [0, 0.05) is 30.0 Å². The SMILES string of the molecule is CC(C)(C)OC(=O)COCC1CCC(Cn2nc(-c3ccccc3)c(-c3ccccc3)c2SCCOC2CCCCO2)CC1. The second kappa shape index (κ2) is 16.1. The number of carbonyl (C=O) groups is 1. The molecule has 0 bridgehead atoms. The number of carbonyl (C=O) groups excluding carboxylic acids is 1. The summed E-state index contributed by atoms with van der Waals surface area (Å²) in [5.41, 5.74) is 4.05. The second-order valence-electron chi connectivity index (χ2n) is 12.9. The summed E-state index contributed by atoms with van der Waals surface area (Å²) in [4.78, 5) is 12.0. The third-order valence-electron chi connectivity index (χ3n) is 8.17. The van der Waals surface area contributed by atoms with E-state index < -0.39 is 5.60 Å². The van der Waals surface area contributed by atoms with Crippen molar-refractivity contribution in [2.45, 2.75) is 89.2 Å². The Labute approximate surface area is 267 Å². The number of thioether (sulfide) groups is 1. The molecular formula is C36H48N2O5S. The van der Waals surface area contributed by atoms with E-state index in [2.05, 4.69) is 65.3 Å². The molecule has 0 radical (unpaired) electrons. The Hall–Kier alpha value is -2.65. The van der Waals surface area contributed by atoms with E-state index in [1.54, 1.807) is 0 Å². The number of esters is 1. The van der Waals surface area contributed by atoms with Gasteiger partial charge in [0.05, 0.1) is 13.2 Å². The Morgan fingerprint density at radius 2 is 1.61 bits per heavy atom. The molecule has 0 amide bonds. The van der Waals surface area contributed by atoms with Gasteiger partial charge in [-0.3, -0.25) is 4.68 Å². The van der Waals surface area contributed by atoms with Crippen LogP contribution in [0.3, 0.4) is 0 Å². The zero-order chi connectivity index (χ0) is 30.8. The normalized spacial score (nSPS) is 20.8. The molecular weight excluding hydrogens is 572 g/mol. The summed E-state index contributed by atoms with van der Waals surface area (Å²) < 4.78 is 25.3. The van der Waals surface area contributed by atoms with Gasteiger partial charge in [0.15, 0.2) is 6.29 Å². The lowest BCUT2D eigenvalue weighted by atomic mass is 9.82. The number of hydrogen-bond donors (Lipinski definition) is 0. The monoisotopic (exact) mass is 620 g/mol. The molecule has 238 valence electrons. The highest BCUT2D eigenvalue weighted by Crippen LogP contribution is 2.41. The maximum Gasteiger partial charge on any atom is 0.332 e. The number of hydrogen-bond acceptors (Lipinski definition) is 7. The van der Waals surface area contributed by atoms with E-state index in [1.165, 1.54) is 22.6 Å². The molecule has 0 N–H and O–H groups in total. The van der Waals surface area contributed by atoms with Gasteiger partial charge in [0.2, 0.25) is 0 Å². The topological polar surface area (TPSA) is 71.8 Å². The van der Waals surface area contributed by atoms with Crippen molar-refractivity contribution in [3.63, 3.8) is 0 Å². The van der Waals surface area contributed by atoms with Gasteiger partial charge in [-0.05, 0) is 83.1 Å². The molecule has 1 unspecified atom stereocenters. The molecule has 7 nitrogen and oxygen atoms in total. The molecule has 2 fully saturated rings. The van der Waals surface area contributed by atoms with Crippen LogP contribution >= 0.6 is 11.8 Å². The van der Waals surface area contributed by atoms with E-state index in [0.717, 1.165) is 68.7 Å². The molecule has 2 aliphatic rings. The van der Waals surface area contributed by atoms with E-state index in [0.29, 0.717) is 25.0 Å². The van der Waals surface area contributed by atoms with Crippen LogP contribution in [0, 0.1) is 11.8 Å². The zero-order valence-corrected chi connectivity index (χ0v) is 27.4. The third-order valence-corrected chi connectivity index (χ3v) is 9.23. The number of aromatic nitrogens is 2. The Bertz CT molecular complexity index is 1290. The number of nitrogens with zero attached hydrogens (tertiary/aromatic N) is 2. The van der Waals surface area contributed by atoms with Crippen molar-refractivity contribution in [2.75, 3.05) is 32.2 Å². The average Bonchev–Trinajstić information content (AvgIpc) is 3.38. The summed E-state index contributed by atoms with van der Waals surface area (Å²) in [6, 6.07) is 21.2. The van der Waals surface area contributed by atoms with Gasteiger partial charge in [-0.15, -0.1) is 11.8 Å². The first-order valence-corrected chi connectivity index (χ1v) is 17.2. The minimum Gasteiger partial charge on any atom is -0.458 e. The first kappa shape index (κ1) is 32.7. The van der Waals surface area contributed by atoms with Crippen LogP contribution in [0.5, 0.6) is 0 Å². The van der Waals surface area contributed by atoms with Crippen LogP contribution < -0.4 is 0 Å². The molecule has 2 aromatic carbocycles. The summed E-state index contributed by atoms with van der Waals surface area (Å²) in [6.07, 6.45) is 7.61. The minimum absolute atomic E-state index is 0.0200. The predicted octanol–water partition coefficient (Wildman–Crippen LogP) is 8.02. The molecule has 1 saturated heterocycles. The summed E-state index contributed by atoms with van der Waals surface area (Å²) in [5, 5.41) is 6.49. The van der Waals surface area contributed by atoms with Gasteiger partial charge < -0.3 is 18.9 Å². The van der Waals surface area contributed by atoms with Gasteiger partial charge in [-0.1, -0.05) is 60.7 Å². The van der Waals surface area contributed by atoms with Gasteiger partial charge in [-0.25, -0.2) is 4.79 Å². The predicted molar refractivity (Wildman–Crippen MR) is 175 cm³/mol. The van der Waals surface area contributed by atoms with E-state index in [9.17, 15) is 4.79 Å². The van der Waals surface area contributed by atoms with Crippen molar-refractivity contribution in [1.82, 2.24) is 9.78 Å². The highest BCUT2D eigenvalue weighted by atomic mass is 32.2. The highest BCUT2D eigenvalue weighted by Gasteiger charge is 2.27. The van der Waals surface area contributed by atoms with E-state index in [4.69, 9.17) is 24.0 Å². The van der Waals surface area contributed by atoms with E-state index >= 15 is 0 Å². The maximum absolute atomic E-state index is 12.0. The third kappa shape index (κ3) is 9.67. The molecule has 8 heteroatoms. The lowest BCUT2D eigenvalue weighted by molar-refractivity contribution is -0.160. The Kier molecular flexibility index (Phi) is 12.0. The Balaban J connectivity index is 1.27. The van der Waals surface area contributed by atoms with Crippen LogP contribution in [-0.4, -0.2) is 59.8 Å². The Morgan fingerprint density at radius 1 is 0.932 bits per heavy atom. The summed E-state index contributed by atoms with van der Waals surface area (Å²) in [5.74, 6) is 1.55. The largest absolute Gasteiger partial charge is 0.458 e.